The number of benzene rings is 1. The van der Waals surface area contributed by atoms with Gasteiger partial charge in [-0.1, -0.05) is 6.07 Å². The van der Waals surface area contributed by atoms with Gasteiger partial charge >= 0.3 is 0 Å². The number of carbonyl (C=O) groups excluding carboxylic acids is 1. The van der Waals surface area contributed by atoms with Gasteiger partial charge < -0.3 is 14.5 Å². The molecule has 0 bridgehead atoms. The van der Waals surface area contributed by atoms with E-state index in [1.54, 1.807) is 32.9 Å². The Labute approximate surface area is 140 Å². The molecule has 1 saturated carbocycles. The fourth-order valence-electron chi connectivity index (χ4n) is 2.48. The molecule has 1 atom stereocenters. The van der Waals surface area contributed by atoms with Crippen molar-refractivity contribution in [3.63, 3.8) is 0 Å². The van der Waals surface area contributed by atoms with Crippen LogP contribution in [0.2, 0.25) is 0 Å². The summed E-state index contributed by atoms with van der Waals surface area (Å²) in [6.45, 7) is 5.74. The van der Waals surface area contributed by atoms with Crippen LogP contribution in [0.1, 0.15) is 53.5 Å². The van der Waals surface area contributed by atoms with Crippen molar-refractivity contribution in [1.29, 1.82) is 0 Å². The summed E-state index contributed by atoms with van der Waals surface area (Å²) in [5, 5.41) is 2.79. The third-order valence-corrected chi connectivity index (χ3v) is 4.08. The van der Waals surface area contributed by atoms with E-state index in [-0.39, 0.29) is 23.5 Å². The first-order chi connectivity index (χ1) is 11.4. The zero-order valence-corrected chi connectivity index (χ0v) is 14.1. The molecule has 2 aromatic rings. The molecule has 6 heteroatoms. The Bertz CT molecular complexity index is 753. The number of nitrogens with one attached hydrogen (secondary N) is 1. The van der Waals surface area contributed by atoms with Gasteiger partial charge in [0, 0.05) is 6.92 Å². The van der Waals surface area contributed by atoms with Crippen LogP contribution in [0.5, 0.6) is 5.75 Å². The van der Waals surface area contributed by atoms with Gasteiger partial charge in [0.05, 0.1) is 18.3 Å². The van der Waals surface area contributed by atoms with E-state index >= 15 is 0 Å². The van der Waals surface area contributed by atoms with Crippen molar-refractivity contribution in [2.75, 3.05) is 6.61 Å². The molecule has 24 heavy (non-hydrogen) atoms. The smallest absolute Gasteiger partial charge is 0.289 e. The quantitative estimate of drug-likeness (QED) is 0.876. The van der Waals surface area contributed by atoms with Crippen molar-refractivity contribution in [2.45, 2.75) is 39.7 Å². The molecule has 0 aliphatic heterocycles. The van der Waals surface area contributed by atoms with E-state index in [0.29, 0.717) is 29.7 Å². The number of rotatable bonds is 6. The summed E-state index contributed by atoms with van der Waals surface area (Å²) >= 11 is 0. The topological polar surface area (TPSA) is 64.4 Å². The number of hydrogen-bond donors (Lipinski definition) is 1. The predicted molar refractivity (Wildman–Crippen MR) is 86.5 cm³/mol. The molecule has 0 saturated heterocycles. The number of amides is 1. The molecule has 1 aliphatic carbocycles. The lowest BCUT2D eigenvalue weighted by atomic mass is 10.1. The molecular formula is C18H21FN2O3. The molecule has 1 amide bonds. The molecule has 1 heterocycles. The van der Waals surface area contributed by atoms with Crippen LogP contribution in [0.3, 0.4) is 0 Å². The van der Waals surface area contributed by atoms with Crippen molar-refractivity contribution in [1.82, 2.24) is 10.3 Å². The number of halogens is 1. The lowest BCUT2D eigenvalue weighted by Crippen LogP contribution is -2.27. The van der Waals surface area contributed by atoms with Crippen molar-refractivity contribution >= 4 is 5.91 Å². The predicted octanol–water partition coefficient (Wildman–Crippen LogP) is 3.71. The van der Waals surface area contributed by atoms with Gasteiger partial charge in [-0.15, -0.1) is 0 Å². The second kappa shape index (κ2) is 6.63. The molecule has 0 spiro atoms. The van der Waals surface area contributed by atoms with Crippen LogP contribution in [0.25, 0.3) is 0 Å². The summed E-state index contributed by atoms with van der Waals surface area (Å²) in [5.41, 5.74) is 1.20. The summed E-state index contributed by atoms with van der Waals surface area (Å²) in [6, 6.07) is 4.40. The first-order valence-corrected chi connectivity index (χ1v) is 8.11. The largest absolute Gasteiger partial charge is 0.490 e. The van der Waals surface area contributed by atoms with Gasteiger partial charge in [0.1, 0.15) is 0 Å². The van der Waals surface area contributed by atoms with Gasteiger partial charge in [-0.05, 0) is 50.3 Å². The maximum atomic E-state index is 14.1. The van der Waals surface area contributed by atoms with E-state index in [1.165, 1.54) is 6.07 Å². The highest BCUT2D eigenvalue weighted by molar-refractivity contribution is 5.92. The van der Waals surface area contributed by atoms with E-state index < -0.39 is 5.82 Å². The van der Waals surface area contributed by atoms with Crippen molar-refractivity contribution in [2.24, 2.45) is 5.92 Å². The van der Waals surface area contributed by atoms with Crippen LogP contribution in [0.4, 0.5) is 4.39 Å². The van der Waals surface area contributed by atoms with Crippen molar-refractivity contribution < 1.29 is 18.3 Å². The van der Waals surface area contributed by atoms with Crippen LogP contribution < -0.4 is 10.1 Å². The Hall–Kier alpha value is -2.37. The molecule has 3 rings (SSSR count). The highest BCUT2D eigenvalue weighted by atomic mass is 19.1. The summed E-state index contributed by atoms with van der Waals surface area (Å²) in [7, 11) is 0. The molecule has 1 fully saturated rings. The monoisotopic (exact) mass is 332 g/mol. The molecule has 0 unspecified atom stereocenters. The number of aromatic nitrogens is 1. The standard InChI is InChI=1S/C18H21FN2O3/c1-10(21-18(22)17-11(2)20-12(3)24-17)14-6-7-16(15(19)8-14)23-9-13-4-5-13/h6-8,10,13H,4-5,9H2,1-3H3,(H,21,22)/t10-/m0/s1. The molecule has 1 aromatic carbocycles. The second-order valence-corrected chi connectivity index (χ2v) is 6.29. The zero-order valence-electron chi connectivity index (χ0n) is 14.1. The molecular weight excluding hydrogens is 311 g/mol. The number of oxazole rings is 1. The summed E-state index contributed by atoms with van der Waals surface area (Å²) in [6.07, 6.45) is 2.31. The Morgan fingerprint density at radius 1 is 1.46 bits per heavy atom. The minimum atomic E-state index is -0.416. The van der Waals surface area contributed by atoms with Crippen LogP contribution in [-0.4, -0.2) is 17.5 Å². The van der Waals surface area contributed by atoms with E-state index in [9.17, 15) is 9.18 Å². The fourth-order valence-corrected chi connectivity index (χ4v) is 2.48. The Balaban J connectivity index is 1.65. The summed E-state index contributed by atoms with van der Waals surface area (Å²) in [5.74, 6) is 0.662. The molecule has 0 radical (unpaired) electrons. The minimum absolute atomic E-state index is 0.184. The SMILES string of the molecule is Cc1nc(C)c(C(=O)N[C@@H](C)c2ccc(OCC3CC3)c(F)c2)o1. The van der Waals surface area contributed by atoms with E-state index in [0.717, 1.165) is 12.8 Å². The van der Waals surface area contributed by atoms with Gasteiger partial charge in [0.15, 0.2) is 17.5 Å². The third-order valence-electron chi connectivity index (χ3n) is 4.08. The van der Waals surface area contributed by atoms with Gasteiger partial charge in [0.25, 0.3) is 5.91 Å². The fraction of sp³-hybridized carbons (Fsp3) is 0.444. The van der Waals surface area contributed by atoms with E-state index in [1.807, 2.05) is 0 Å². The molecule has 1 aromatic heterocycles. The van der Waals surface area contributed by atoms with Gasteiger partial charge in [-0.25, -0.2) is 9.37 Å². The Morgan fingerprint density at radius 2 is 2.21 bits per heavy atom. The van der Waals surface area contributed by atoms with Gasteiger partial charge in [-0.2, -0.15) is 0 Å². The summed E-state index contributed by atoms with van der Waals surface area (Å²) in [4.78, 5) is 16.3. The minimum Gasteiger partial charge on any atom is -0.490 e. The maximum Gasteiger partial charge on any atom is 0.289 e. The zero-order chi connectivity index (χ0) is 17.3. The maximum absolute atomic E-state index is 14.1. The van der Waals surface area contributed by atoms with Crippen LogP contribution in [0.15, 0.2) is 22.6 Å². The lowest BCUT2D eigenvalue weighted by Gasteiger charge is -2.15. The molecule has 128 valence electrons. The average Bonchev–Trinajstić information content (AvgIpc) is 3.29. The Kier molecular flexibility index (Phi) is 4.55. The van der Waals surface area contributed by atoms with Crippen LogP contribution in [0, 0.1) is 25.6 Å². The molecule has 1 aliphatic rings. The number of nitrogens with zero attached hydrogens (tertiary/aromatic N) is 1. The highest BCUT2D eigenvalue weighted by Crippen LogP contribution is 2.30. The summed E-state index contributed by atoms with van der Waals surface area (Å²) < 4.78 is 24.9. The second-order valence-electron chi connectivity index (χ2n) is 6.29. The first-order valence-electron chi connectivity index (χ1n) is 8.11. The van der Waals surface area contributed by atoms with Crippen LogP contribution in [-0.2, 0) is 0 Å². The normalized spacial score (nSPS) is 15.2. The molecule has 5 nitrogen and oxygen atoms in total. The van der Waals surface area contributed by atoms with Crippen molar-refractivity contribution in [3.8, 4) is 5.75 Å². The molecule has 1 N–H and O–H groups in total. The number of aryl methyl sites for hydroxylation is 2. The highest BCUT2D eigenvalue weighted by Gasteiger charge is 2.23. The number of ether oxygens (including phenoxy) is 1. The first kappa shape index (κ1) is 16.5. The van der Waals surface area contributed by atoms with Gasteiger partial charge in [-0.3, -0.25) is 4.79 Å². The lowest BCUT2D eigenvalue weighted by molar-refractivity contribution is 0.0909. The third kappa shape index (κ3) is 3.75. The van der Waals surface area contributed by atoms with Gasteiger partial charge in [0.2, 0.25) is 5.76 Å². The van der Waals surface area contributed by atoms with E-state index in [2.05, 4.69) is 10.3 Å². The van der Waals surface area contributed by atoms with E-state index in [4.69, 9.17) is 9.15 Å². The van der Waals surface area contributed by atoms with Crippen LogP contribution >= 0.6 is 0 Å². The average molecular weight is 332 g/mol. The Morgan fingerprint density at radius 3 is 2.79 bits per heavy atom. The number of hydrogen-bond acceptors (Lipinski definition) is 4. The van der Waals surface area contributed by atoms with Crippen molar-refractivity contribution in [3.05, 3.63) is 46.9 Å². The number of carbonyl (C=O) groups is 1.